The maximum Gasteiger partial charge on any atom is 0.181 e. The summed E-state index contributed by atoms with van der Waals surface area (Å²) in [6.07, 6.45) is 4.86. The maximum absolute atomic E-state index is 5.94. The first kappa shape index (κ1) is 11.0. The zero-order valence-electron chi connectivity index (χ0n) is 9.58. The second-order valence-electron chi connectivity index (χ2n) is 3.79. The highest BCUT2D eigenvalue weighted by Gasteiger charge is 2.10. The van der Waals surface area contributed by atoms with Crippen LogP contribution < -0.4 is 5.73 Å². The quantitative estimate of drug-likeness (QED) is 0.681. The third kappa shape index (κ3) is 1.88. The number of aromatic nitrogens is 5. The Kier molecular flexibility index (Phi) is 2.60. The molecule has 0 saturated heterocycles. The molecule has 0 aliphatic heterocycles. The van der Waals surface area contributed by atoms with E-state index in [0.29, 0.717) is 11.3 Å². The Morgan fingerprint density at radius 1 is 1.17 bits per heavy atom. The van der Waals surface area contributed by atoms with E-state index in [9.17, 15) is 0 Å². The molecule has 3 N–H and O–H groups in total. The van der Waals surface area contributed by atoms with Crippen molar-refractivity contribution in [2.75, 3.05) is 5.73 Å². The molecule has 3 aromatic heterocycles. The van der Waals surface area contributed by atoms with Gasteiger partial charge in [0, 0.05) is 6.20 Å². The number of nitrogens with one attached hydrogen (secondary N) is 1. The first-order chi connectivity index (χ1) is 8.74. The number of aromatic amines is 1. The smallest absolute Gasteiger partial charge is 0.181 e. The summed E-state index contributed by atoms with van der Waals surface area (Å²) < 4.78 is 0. The first-order valence-electron chi connectivity index (χ1n) is 5.28. The molecule has 0 atom stereocenters. The summed E-state index contributed by atoms with van der Waals surface area (Å²) in [6.45, 7) is 1.95. The van der Waals surface area contributed by atoms with E-state index in [2.05, 4.69) is 24.9 Å². The van der Waals surface area contributed by atoms with E-state index in [1.54, 1.807) is 12.5 Å². The number of pyridine rings is 1. The summed E-state index contributed by atoms with van der Waals surface area (Å²) in [4.78, 5) is 19.7. The fraction of sp³-hybridized carbons (Fsp3) is 0.0909. The average molecular weight is 258 g/mol. The molecule has 7 heteroatoms. The highest BCUT2D eigenvalue weighted by Crippen LogP contribution is 2.31. The maximum atomic E-state index is 5.94. The van der Waals surface area contributed by atoms with Crippen molar-refractivity contribution in [3.63, 3.8) is 0 Å². The van der Waals surface area contributed by atoms with E-state index in [1.807, 2.05) is 13.0 Å². The lowest BCUT2D eigenvalue weighted by molar-refractivity contribution is 1.07. The minimum absolute atomic E-state index is 0.637. The van der Waals surface area contributed by atoms with Crippen molar-refractivity contribution in [3.05, 3.63) is 30.5 Å². The normalized spacial score (nSPS) is 10.9. The molecule has 3 heterocycles. The summed E-state index contributed by atoms with van der Waals surface area (Å²) in [6, 6.07) is 1.89. The van der Waals surface area contributed by atoms with Crippen molar-refractivity contribution >= 4 is 28.6 Å². The standard InChI is InChI=1S/C11H10N6S/c1-6-2-7(12)10(13-3-6)18-11-8-9(15-4-14-8)16-5-17-11/h2-5H,12H2,1H3,(H,14,15,16,17). The molecule has 0 aliphatic rings. The Balaban J connectivity index is 2.03. The zero-order valence-corrected chi connectivity index (χ0v) is 10.4. The van der Waals surface area contributed by atoms with Crippen LogP contribution in [0.3, 0.4) is 0 Å². The van der Waals surface area contributed by atoms with Gasteiger partial charge in [0.25, 0.3) is 0 Å². The molecule has 0 amide bonds. The van der Waals surface area contributed by atoms with Crippen LogP contribution in [0.5, 0.6) is 0 Å². The zero-order chi connectivity index (χ0) is 12.5. The van der Waals surface area contributed by atoms with Gasteiger partial charge in [0.05, 0.1) is 12.0 Å². The highest BCUT2D eigenvalue weighted by molar-refractivity contribution is 7.99. The Morgan fingerprint density at radius 3 is 2.89 bits per heavy atom. The molecular formula is C11H10N6S. The molecule has 0 spiro atoms. The number of imidazole rings is 1. The van der Waals surface area contributed by atoms with Gasteiger partial charge < -0.3 is 10.7 Å². The summed E-state index contributed by atoms with van der Waals surface area (Å²) in [5, 5.41) is 1.50. The van der Waals surface area contributed by atoms with Crippen LogP contribution in [-0.2, 0) is 0 Å². The monoisotopic (exact) mass is 258 g/mol. The van der Waals surface area contributed by atoms with Crippen LogP contribution in [0, 0.1) is 6.92 Å². The Morgan fingerprint density at radius 2 is 2.06 bits per heavy atom. The van der Waals surface area contributed by atoms with E-state index in [4.69, 9.17) is 5.73 Å². The molecular weight excluding hydrogens is 248 g/mol. The molecule has 0 saturated carbocycles. The molecule has 0 aliphatic carbocycles. The number of hydrogen-bond donors (Lipinski definition) is 2. The molecule has 18 heavy (non-hydrogen) atoms. The van der Waals surface area contributed by atoms with E-state index < -0.39 is 0 Å². The Bertz CT molecular complexity index is 708. The summed E-state index contributed by atoms with van der Waals surface area (Å²) in [5.41, 5.74) is 9.05. The SMILES string of the molecule is Cc1cnc(Sc2ncnc3nc[nH]c23)c(N)c1. The topological polar surface area (TPSA) is 93.4 Å². The van der Waals surface area contributed by atoms with Gasteiger partial charge in [-0.1, -0.05) is 0 Å². The average Bonchev–Trinajstić information content (AvgIpc) is 2.82. The van der Waals surface area contributed by atoms with E-state index in [0.717, 1.165) is 21.1 Å². The predicted octanol–water partition coefficient (Wildman–Crippen LogP) is 1.79. The highest BCUT2D eigenvalue weighted by atomic mass is 32.2. The van der Waals surface area contributed by atoms with Crippen molar-refractivity contribution in [1.82, 2.24) is 24.9 Å². The van der Waals surface area contributed by atoms with Crippen LogP contribution in [0.4, 0.5) is 5.69 Å². The number of anilines is 1. The predicted molar refractivity (Wildman–Crippen MR) is 69.2 cm³/mol. The number of nitrogens with zero attached hydrogens (tertiary/aromatic N) is 4. The fourth-order valence-electron chi connectivity index (χ4n) is 1.58. The summed E-state index contributed by atoms with van der Waals surface area (Å²) in [5.74, 6) is 0. The van der Waals surface area contributed by atoms with Gasteiger partial charge in [-0.15, -0.1) is 0 Å². The number of nitrogens with two attached hydrogens (primary N) is 1. The van der Waals surface area contributed by atoms with Gasteiger partial charge in [-0.2, -0.15) is 0 Å². The van der Waals surface area contributed by atoms with Gasteiger partial charge in [0.2, 0.25) is 0 Å². The third-order valence-electron chi connectivity index (χ3n) is 2.40. The molecule has 6 nitrogen and oxygen atoms in total. The number of aryl methyl sites for hydroxylation is 1. The summed E-state index contributed by atoms with van der Waals surface area (Å²) in [7, 11) is 0. The van der Waals surface area contributed by atoms with Crippen molar-refractivity contribution in [1.29, 1.82) is 0 Å². The van der Waals surface area contributed by atoms with Gasteiger partial charge in [0.1, 0.15) is 21.9 Å². The molecule has 0 bridgehead atoms. The molecule has 0 fully saturated rings. The first-order valence-corrected chi connectivity index (χ1v) is 6.10. The van der Waals surface area contributed by atoms with Gasteiger partial charge >= 0.3 is 0 Å². The van der Waals surface area contributed by atoms with E-state index in [-0.39, 0.29) is 0 Å². The second-order valence-corrected chi connectivity index (χ2v) is 4.77. The number of hydrogen-bond acceptors (Lipinski definition) is 6. The van der Waals surface area contributed by atoms with Crippen LogP contribution in [0.15, 0.2) is 35.0 Å². The van der Waals surface area contributed by atoms with Gasteiger partial charge in [-0.3, -0.25) is 0 Å². The third-order valence-corrected chi connectivity index (χ3v) is 3.43. The van der Waals surface area contributed by atoms with Gasteiger partial charge in [-0.05, 0) is 30.3 Å². The van der Waals surface area contributed by atoms with Crippen molar-refractivity contribution in [2.45, 2.75) is 17.0 Å². The molecule has 0 unspecified atom stereocenters. The minimum Gasteiger partial charge on any atom is -0.397 e. The van der Waals surface area contributed by atoms with E-state index in [1.165, 1.54) is 18.1 Å². The molecule has 3 rings (SSSR count). The van der Waals surface area contributed by atoms with Gasteiger partial charge in [0.15, 0.2) is 5.65 Å². The fourth-order valence-corrected chi connectivity index (χ4v) is 2.39. The van der Waals surface area contributed by atoms with Crippen LogP contribution in [0.2, 0.25) is 0 Å². The largest absolute Gasteiger partial charge is 0.397 e. The molecule has 0 aromatic carbocycles. The lowest BCUT2D eigenvalue weighted by Crippen LogP contribution is -1.94. The van der Waals surface area contributed by atoms with Gasteiger partial charge in [-0.25, -0.2) is 19.9 Å². The van der Waals surface area contributed by atoms with E-state index >= 15 is 0 Å². The minimum atomic E-state index is 0.637. The van der Waals surface area contributed by atoms with Crippen LogP contribution >= 0.6 is 11.8 Å². The van der Waals surface area contributed by atoms with Crippen LogP contribution in [0.1, 0.15) is 5.56 Å². The lowest BCUT2D eigenvalue weighted by atomic mass is 10.3. The van der Waals surface area contributed by atoms with Crippen LogP contribution in [0.25, 0.3) is 11.2 Å². The summed E-state index contributed by atoms with van der Waals surface area (Å²) >= 11 is 1.40. The molecule has 0 radical (unpaired) electrons. The molecule has 3 aromatic rings. The second kappa shape index (κ2) is 4.26. The van der Waals surface area contributed by atoms with Crippen molar-refractivity contribution < 1.29 is 0 Å². The lowest BCUT2D eigenvalue weighted by Gasteiger charge is -2.04. The van der Waals surface area contributed by atoms with Crippen molar-refractivity contribution in [2.24, 2.45) is 0 Å². The number of H-pyrrole nitrogens is 1. The Labute approximate surface area is 107 Å². The number of rotatable bonds is 2. The molecule has 90 valence electrons. The Hall–Kier alpha value is -2.15. The van der Waals surface area contributed by atoms with Crippen LogP contribution in [-0.4, -0.2) is 24.9 Å². The number of nitrogen functional groups attached to an aromatic ring is 1. The van der Waals surface area contributed by atoms with Crippen molar-refractivity contribution in [3.8, 4) is 0 Å². The number of fused-ring (bicyclic) bond motifs is 1.